The maximum absolute atomic E-state index is 11.0. The fourth-order valence-corrected chi connectivity index (χ4v) is 1.16. The minimum Gasteiger partial charge on any atom is -0.423 e. The van der Waals surface area contributed by atoms with Crippen LogP contribution in [0.25, 0.3) is 0 Å². The highest BCUT2D eigenvalue weighted by atomic mass is 79.9. The van der Waals surface area contributed by atoms with Gasteiger partial charge in [0.15, 0.2) is 0 Å². The van der Waals surface area contributed by atoms with Crippen molar-refractivity contribution in [3.8, 4) is 0 Å². The fraction of sp³-hybridized carbons (Fsp3) is 0.286. The summed E-state index contributed by atoms with van der Waals surface area (Å²) in [5, 5.41) is -0.0764. The molecule has 1 aliphatic rings. The van der Waals surface area contributed by atoms with E-state index in [0.29, 0.717) is 11.3 Å². The van der Waals surface area contributed by atoms with Gasteiger partial charge in [0.05, 0.1) is 5.57 Å². The van der Waals surface area contributed by atoms with Crippen molar-refractivity contribution in [1.29, 1.82) is 0 Å². The van der Waals surface area contributed by atoms with Crippen LogP contribution in [0.4, 0.5) is 0 Å². The number of allylic oxidation sites excluding steroid dienone is 1. The molecule has 4 heteroatoms. The van der Waals surface area contributed by atoms with E-state index in [-0.39, 0.29) is 11.2 Å². The lowest BCUT2D eigenvalue weighted by atomic mass is 10.2. The molecular formula is C7H7BrO2S. The van der Waals surface area contributed by atoms with Gasteiger partial charge in [-0.1, -0.05) is 15.9 Å². The third-order valence-corrected chi connectivity index (χ3v) is 2.03. The molecule has 1 heterocycles. The largest absolute Gasteiger partial charge is 0.423 e. The van der Waals surface area contributed by atoms with Gasteiger partial charge in [-0.15, -0.1) is 0 Å². The summed E-state index contributed by atoms with van der Waals surface area (Å²) in [6.45, 7) is 1.83. The van der Waals surface area contributed by atoms with E-state index in [1.807, 2.05) is 6.92 Å². The molecule has 1 aliphatic heterocycles. The molecule has 0 N–H and O–H groups in total. The molecule has 0 aromatic carbocycles. The lowest BCUT2D eigenvalue weighted by Crippen LogP contribution is -2.06. The first-order chi connectivity index (χ1) is 5.15. The molecule has 0 spiro atoms. The number of carbonyl (C=O) groups is 1. The molecule has 0 aromatic heterocycles. The second kappa shape index (κ2) is 3.45. The van der Waals surface area contributed by atoms with Crippen LogP contribution in [0.15, 0.2) is 22.4 Å². The van der Waals surface area contributed by atoms with E-state index in [9.17, 15) is 4.79 Å². The topological polar surface area (TPSA) is 26.3 Å². The van der Waals surface area contributed by atoms with E-state index in [0.717, 1.165) is 0 Å². The average molecular weight is 235 g/mol. The Hall–Kier alpha value is -0.220. The van der Waals surface area contributed by atoms with Crippen LogP contribution in [-0.2, 0) is 9.53 Å². The Balaban J connectivity index is 2.88. The Morgan fingerprint density at radius 3 is 2.73 bits per heavy atom. The van der Waals surface area contributed by atoms with Crippen LogP contribution in [0, 0.1) is 0 Å². The lowest BCUT2D eigenvalue weighted by Gasteiger charge is -1.99. The van der Waals surface area contributed by atoms with Crippen LogP contribution in [0.3, 0.4) is 0 Å². The first-order valence-corrected chi connectivity index (χ1v) is 4.50. The zero-order chi connectivity index (χ0) is 8.43. The molecule has 1 unspecified atom stereocenters. The maximum atomic E-state index is 11.0. The van der Waals surface area contributed by atoms with E-state index < -0.39 is 0 Å². The Labute approximate surface area is 78.8 Å². The number of carbonyl (C=O) groups excluding carboxylic acids is 1. The summed E-state index contributed by atoms with van der Waals surface area (Å²) in [6, 6.07) is 0. The monoisotopic (exact) mass is 234 g/mol. The highest BCUT2D eigenvalue weighted by molar-refractivity contribution is 9.11. The van der Waals surface area contributed by atoms with Gasteiger partial charge in [-0.05, 0) is 13.0 Å². The molecular weight excluding hydrogens is 228 g/mol. The van der Waals surface area contributed by atoms with Gasteiger partial charge in [-0.25, -0.2) is 4.79 Å². The highest BCUT2D eigenvalue weighted by Crippen LogP contribution is 2.22. The van der Waals surface area contributed by atoms with Crippen molar-refractivity contribution in [2.45, 2.75) is 12.2 Å². The van der Waals surface area contributed by atoms with Crippen molar-refractivity contribution >= 4 is 34.5 Å². The third-order valence-electron chi connectivity index (χ3n) is 1.30. The van der Waals surface area contributed by atoms with Crippen LogP contribution in [0.1, 0.15) is 6.92 Å². The second-order valence-electron chi connectivity index (χ2n) is 2.18. The van der Waals surface area contributed by atoms with E-state index in [4.69, 9.17) is 4.74 Å². The zero-order valence-corrected chi connectivity index (χ0v) is 8.35. The van der Waals surface area contributed by atoms with Gasteiger partial charge >= 0.3 is 5.97 Å². The number of ether oxygens (including phenoxy) is 1. The minimum atomic E-state index is -0.307. The number of hydrogen-bond donors (Lipinski definition) is 1. The molecule has 0 radical (unpaired) electrons. The summed E-state index contributed by atoms with van der Waals surface area (Å²) in [6.07, 6.45) is 1.68. The third kappa shape index (κ3) is 1.87. The number of hydrogen-bond acceptors (Lipinski definition) is 3. The van der Waals surface area contributed by atoms with Crippen molar-refractivity contribution in [2.75, 3.05) is 0 Å². The van der Waals surface area contributed by atoms with Crippen molar-refractivity contribution in [2.24, 2.45) is 0 Å². The summed E-state index contributed by atoms with van der Waals surface area (Å²) < 4.78 is 4.82. The molecule has 1 atom stereocenters. The van der Waals surface area contributed by atoms with E-state index in [2.05, 4.69) is 28.6 Å². The van der Waals surface area contributed by atoms with Crippen LogP contribution >= 0.6 is 28.6 Å². The molecule has 60 valence electrons. The quantitative estimate of drug-likeness (QED) is 0.556. The highest BCUT2D eigenvalue weighted by Gasteiger charge is 2.23. The maximum Gasteiger partial charge on any atom is 0.340 e. The van der Waals surface area contributed by atoms with Gasteiger partial charge in [0.2, 0.25) is 0 Å². The minimum absolute atomic E-state index is 0.0764. The van der Waals surface area contributed by atoms with Gasteiger partial charge in [-0.2, -0.15) is 12.6 Å². The van der Waals surface area contributed by atoms with E-state index >= 15 is 0 Å². The number of cyclic esters (lactones) is 1. The Morgan fingerprint density at radius 2 is 2.45 bits per heavy atom. The summed E-state index contributed by atoms with van der Waals surface area (Å²) >= 11 is 7.19. The second-order valence-corrected chi connectivity index (χ2v) is 3.41. The fourth-order valence-electron chi connectivity index (χ4n) is 0.753. The average Bonchev–Trinajstić information content (AvgIpc) is 2.30. The predicted octanol–water partition coefficient (Wildman–Crippen LogP) is 2.02. The van der Waals surface area contributed by atoms with Gasteiger partial charge in [0.25, 0.3) is 0 Å². The molecule has 0 bridgehead atoms. The van der Waals surface area contributed by atoms with Crippen molar-refractivity contribution in [1.82, 2.24) is 0 Å². The van der Waals surface area contributed by atoms with Crippen LogP contribution in [0.5, 0.6) is 0 Å². The summed E-state index contributed by atoms with van der Waals surface area (Å²) in [5.74, 6) is 0.226. The number of esters is 1. The van der Waals surface area contributed by atoms with Gasteiger partial charge in [0, 0.05) is 10.2 Å². The van der Waals surface area contributed by atoms with Gasteiger partial charge in [-0.3, -0.25) is 0 Å². The van der Waals surface area contributed by atoms with Gasteiger partial charge < -0.3 is 4.74 Å². The lowest BCUT2D eigenvalue weighted by molar-refractivity contribution is -0.133. The van der Waals surface area contributed by atoms with E-state index in [1.165, 1.54) is 0 Å². The number of halogens is 1. The summed E-state index contributed by atoms with van der Waals surface area (Å²) in [4.78, 5) is 12.5. The molecule has 0 saturated heterocycles. The zero-order valence-electron chi connectivity index (χ0n) is 5.87. The van der Waals surface area contributed by atoms with Crippen LogP contribution in [0.2, 0.25) is 0 Å². The molecule has 0 amide bonds. The Bertz CT molecular complexity index is 243. The van der Waals surface area contributed by atoms with Gasteiger partial charge in [0.1, 0.15) is 5.76 Å². The Kier molecular flexibility index (Phi) is 2.78. The van der Waals surface area contributed by atoms with E-state index in [1.54, 1.807) is 11.1 Å². The molecule has 0 saturated carbocycles. The standard InChI is InChI=1S/C7H7BrO2S/c1-4(11)6-2-5(3-8)10-7(6)9/h2-4,11H,1H3/b5-3+. The van der Waals surface area contributed by atoms with Crippen molar-refractivity contribution in [3.63, 3.8) is 0 Å². The number of thiol groups is 1. The molecule has 2 nitrogen and oxygen atoms in total. The van der Waals surface area contributed by atoms with Crippen molar-refractivity contribution in [3.05, 3.63) is 22.4 Å². The van der Waals surface area contributed by atoms with Crippen LogP contribution in [-0.4, -0.2) is 11.2 Å². The first kappa shape index (κ1) is 8.87. The first-order valence-electron chi connectivity index (χ1n) is 3.07. The van der Waals surface area contributed by atoms with Crippen LogP contribution < -0.4 is 0 Å². The molecule has 0 aliphatic carbocycles. The molecule has 0 fully saturated rings. The number of rotatable bonds is 1. The summed E-state index contributed by atoms with van der Waals surface area (Å²) in [7, 11) is 0. The normalized spacial score (nSPS) is 23.4. The summed E-state index contributed by atoms with van der Waals surface area (Å²) in [5.41, 5.74) is 0.596. The molecule has 1 rings (SSSR count). The molecule has 11 heavy (non-hydrogen) atoms. The van der Waals surface area contributed by atoms with Crippen molar-refractivity contribution < 1.29 is 9.53 Å². The predicted molar refractivity (Wildman–Crippen MR) is 49.6 cm³/mol. The Morgan fingerprint density at radius 1 is 1.82 bits per heavy atom. The smallest absolute Gasteiger partial charge is 0.340 e. The molecule has 0 aromatic rings. The SMILES string of the molecule is CC(S)C1=C/C(=C\Br)OC1=O.